The van der Waals surface area contributed by atoms with Gasteiger partial charge in [-0.2, -0.15) is 0 Å². The number of hydrogen-bond donors (Lipinski definition) is 1. The first-order valence-electron chi connectivity index (χ1n) is 9.24. The molecule has 0 heterocycles. The zero-order valence-corrected chi connectivity index (χ0v) is 19.2. The van der Waals surface area contributed by atoms with E-state index in [1.54, 1.807) is 7.11 Å². The molecule has 0 aliphatic carbocycles. The van der Waals surface area contributed by atoms with Gasteiger partial charge >= 0.3 is 0 Å². The summed E-state index contributed by atoms with van der Waals surface area (Å²) < 4.78 is 12.5. The minimum absolute atomic E-state index is 0.443. The molecule has 0 saturated heterocycles. The minimum Gasteiger partial charge on any atom is -0.493 e. The second-order valence-electron chi connectivity index (χ2n) is 6.56. The largest absolute Gasteiger partial charge is 0.493 e. The third-order valence-corrected chi connectivity index (χ3v) is 5.70. The standard InChI is InChI=1S/C23H22BrCl2NO2/c1-28-22-12-18(14-27-11-10-16-2-6-19(25)7-3-16)21(24)13-23(22)29-15-17-4-8-20(26)9-5-17/h2-9,12-13,27H,10-11,14-15H2,1H3. The Hall–Kier alpha value is -1.72. The lowest BCUT2D eigenvalue weighted by Crippen LogP contribution is -2.17. The van der Waals surface area contributed by atoms with E-state index in [1.165, 1.54) is 5.56 Å². The van der Waals surface area contributed by atoms with Crippen LogP contribution >= 0.6 is 39.1 Å². The summed E-state index contributed by atoms with van der Waals surface area (Å²) in [4.78, 5) is 0. The van der Waals surface area contributed by atoms with Gasteiger partial charge < -0.3 is 14.8 Å². The molecule has 0 aliphatic rings. The summed E-state index contributed by atoms with van der Waals surface area (Å²) in [6.45, 7) is 2.03. The third-order valence-electron chi connectivity index (χ3n) is 4.46. The molecule has 29 heavy (non-hydrogen) atoms. The molecule has 0 saturated carbocycles. The highest BCUT2D eigenvalue weighted by molar-refractivity contribution is 9.10. The molecule has 3 aromatic rings. The van der Waals surface area contributed by atoms with E-state index in [-0.39, 0.29) is 0 Å². The van der Waals surface area contributed by atoms with Crippen molar-refractivity contribution in [3.63, 3.8) is 0 Å². The van der Waals surface area contributed by atoms with Crippen molar-refractivity contribution < 1.29 is 9.47 Å². The van der Waals surface area contributed by atoms with Gasteiger partial charge in [0.25, 0.3) is 0 Å². The van der Waals surface area contributed by atoms with Crippen molar-refractivity contribution in [3.05, 3.63) is 91.9 Å². The molecule has 0 aromatic heterocycles. The van der Waals surface area contributed by atoms with Crippen molar-refractivity contribution in [1.82, 2.24) is 5.32 Å². The van der Waals surface area contributed by atoms with Crippen molar-refractivity contribution in [2.45, 2.75) is 19.6 Å². The van der Waals surface area contributed by atoms with Crippen LogP contribution in [0.15, 0.2) is 65.1 Å². The number of halogens is 3. The number of benzene rings is 3. The van der Waals surface area contributed by atoms with Crippen molar-refractivity contribution in [2.75, 3.05) is 13.7 Å². The van der Waals surface area contributed by atoms with E-state index in [4.69, 9.17) is 32.7 Å². The van der Waals surface area contributed by atoms with Crippen molar-refractivity contribution in [3.8, 4) is 11.5 Å². The lowest BCUT2D eigenvalue weighted by atomic mass is 10.1. The van der Waals surface area contributed by atoms with Crippen molar-refractivity contribution in [2.24, 2.45) is 0 Å². The molecule has 3 nitrogen and oxygen atoms in total. The molecular weight excluding hydrogens is 473 g/mol. The van der Waals surface area contributed by atoms with Crippen molar-refractivity contribution in [1.29, 1.82) is 0 Å². The molecular formula is C23H22BrCl2NO2. The lowest BCUT2D eigenvalue weighted by molar-refractivity contribution is 0.284. The van der Waals surface area contributed by atoms with Gasteiger partial charge in [-0.25, -0.2) is 0 Å². The quantitative estimate of drug-likeness (QED) is 0.336. The van der Waals surface area contributed by atoms with Crippen LogP contribution in [-0.2, 0) is 19.6 Å². The number of nitrogens with one attached hydrogen (secondary N) is 1. The molecule has 0 bridgehead atoms. The molecule has 152 valence electrons. The topological polar surface area (TPSA) is 30.5 Å². The van der Waals surface area contributed by atoms with E-state index in [0.717, 1.165) is 40.1 Å². The fourth-order valence-corrected chi connectivity index (χ4v) is 3.55. The second kappa shape index (κ2) is 10.9. The molecule has 0 amide bonds. The van der Waals surface area contributed by atoms with E-state index in [2.05, 4.69) is 33.4 Å². The first-order chi connectivity index (χ1) is 14.0. The van der Waals surface area contributed by atoms with Crippen LogP contribution in [-0.4, -0.2) is 13.7 Å². The Bertz CT molecular complexity index is 931. The predicted molar refractivity (Wildman–Crippen MR) is 123 cm³/mol. The van der Waals surface area contributed by atoms with Gasteiger partial charge in [-0.15, -0.1) is 0 Å². The maximum atomic E-state index is 5.95. The summed E-state index contributed by atoms with van der Waals surface area (Å²) in [5.74, 6) is 1.40. The summed E-state index contributed by atoms with van der Waals surface area (Å²) >= 11 is 15.5. The van der Waals surface area contributed by atoms with Gasteiger partial charge in [0.15, 0.2) is 11.5 Å². The molecule has 0 unspecified atom stereocenters. The molecule has 0 radical (unpaired) electrons. The highest BCUT2D eigenvalue weighted by Crippen LogP contribution is 2.34. The smallest absolute Gasteiger partial charge is 0.162 e. The summed E-state index contributed by atoms with van der Waals surface area (Å²) in [6.07, 6.45) is 0.939. The molecule has 0 atom stereocenters. The van der Waals surface area contributed by atoms with Crippen LogP contribution in [0.25, 0.3) is 0 Å². The lowest BCUT2D eigenvalue weighted by Gasteiger charge is -2.15. The Labute approximate surface area is 190 Å². The monoisotopic (exact) mass is 493 g/mol. The van der Waals surface area contributed by atoms with Crippen molar-refractivity contribution >= 4 is 39.1 Å². The van der Waals surface area contributed by atoms with E-state index < -0.39 is 0 Å². The first kappa shape index (κ1) is 22.0. The van der Waals surface area contributed by atoms with E-state index in [9.17, 15) is 0 Å². The molecule has 0 fully saturated rings. The number of ether oxygens (including phenoxy) is 2. The van der Waals surface area contributed by atoms with Gasteiger partial charge in [0, 0.05) is 21.1 Å². The van der Waals surface area contributed by atoms with Crippen LogP contribution in [0.4, 0.5) is 0 Å². The minimum atomic E-state index is 0.443. The maximum Gasteiger partial charge on any atom is 0.162 e. The normalized spacial score (nSPS) is 10.8. The SMILES string of the molecule is COc1cc(CNCCc2ccc(Cl)cc2)c(Br)cc1OCc1ccc(Cl)cc1. The van der Waals surface area contributed by atoms with Gasteiger partial charge in [-0.05, 0) is 66.1 Å². The molecule has 3 rings (SSSR count). The fourth-order valence-electron chi connectivity index (χ4n) is 2.83. The summed E-state index contributed by atoms with van der Waals surface area (Å²) in [7, 11) is 1.65. The maximum absolute atomic E-state index is 5.95. The van der Waals surface area contributed by atoms with E-state index >= 15 is 0 Å². The van der Waals surface area contributed by atoms with E-state index in [0.29, 0.717) is 23.1 Å². The highest BCUT2D eigenvalue weighted by Gasteiger charge is 2.11. The van der Waals surface area contributed by atoms with Crippen LogP contribution in [0.2, 0.25) is 10.0 Å². The second-order valence-corrected chi connectivity index (χ2v) is 8.29. The molecule has 6 heteroatoms. The van der Waals surface area contributed by atoms with Gasteiger partial charge in [0.2, 0.25) is 0 Å². The predicted octanol–water partition coefficient (Wildman–Crippen LogP) is 6.68. The Kier molecular flexibility index (Phi) is 8.25. The van der Waals surface area contributed by atoms with Gasteiger partial charge in [0.1, 0.15) is 6.61 Å². The first-order valence-corrected chi connectivity index (χ1v) is 10.8. The average molecular weight is 495 g/mol. The van der Waals surface area contributed by atoms with Crippen LogP contribution < -0.4 is 14.8 Å². The summed E-state index contributed by atoms with van der Waals surface area (Å²) in [6, 6.07) is 19.5. The van der Waals surface area contributed by atoms with Crippen LogP contribution in [0.1, 0.15) is 16.7 Å². The van der Waals surface area contributed by atoms with Crippen LogP contribution in [0.5, 0.6) is 11.5 Å². The van der Waals surface area contributed by atoms with Gasteiger partial charge in [-0.1, -0.05) is 63.4 Å². The zero-order chi connectivity index (χ0) is 20.6. The highest BCUT2D eigenvalue weighted by atomic mass is 79.9. The zero-order valence-electron chi connectivity index (χ0n) is 16.1. The number of rotatable bonds is 9. The summed E-state index contributed by atoms with van der Waals surface area (Å²) in [5, 5.41) is 4.94. The Balaban J connectivity index is 1.57. The average Bonchev–Trinajstić information content (AvgIpc) is 2.73. The van der Waals surface area contributed by atoms with Crippen LogP contribution in [0, 0.1) is 0 Å². The van der Waals surface area contributed by atoms with Gasteiger partial charge in [-0.3, -0.25) is 0 Å². The van der Waals surface area contributed by atoms with Gasteiger partial charge in [0.05, 0.1) is 7.11 Å². The number of methoxy groups -OCH3 is 1. The Morgan fingerprint density at radius 3 is 2.10 bits per heavy atom. The molecule has 0 aliphatic heterocycles. The Morgan fingerprint density at radius 2 is 1.48 bits per heavy atom. The fraction of sp³-hybridized carbons (Fsp3) is 0.217. The molecule has 1 N–H and O–H groups in total. The Morgan fingerprint density at radius 1 is 0.862 bits per heavy atom. The summed E-state index contributed by atoms with van der Waals surface area (Å²) in [5.41, 5.74) is 3.40. The number of hydrogen-bond acceptors (Lipinski definition) is 3. The molecule has 3 aromatic carbocycles. The van der Waals surface area contributed by atoms with Crippen LogP contribution in [0.3, 0.4) is 0 Å². The third kappa shape index (κ3) is 6.65. The van der Waals surface area contributed by atoms with E-state index in [1.807, 2.05) is 48.5 Å². The molecule has 0 spiro atoms.